The Labute approximate surface area is 301 Å². The molecule has 2 aromatic heterocycles. The van der Waals surface area contributed by atoms with Crippen LogP contribution in [0.3, 0.4) is 0 Å². The van der Waals surface area contributed by atoms with Crippen LogP contribution in [0.1, 0.15) is 36.7 Å². The first kappa shape index (κ1) is 44.1. The highest BCUT2D eigenvalue weighted by Crippen LogP contribution is 2.81. The summed E-state index contributed by atoms with van der Waals surface area (Å²) in [4.78, 5) is 96.6. The number of hydrogen-bond acceptors (Lipinski definition) is 16. The van der Waals surface area contributed by atoms with Gasteiger partial charge in [0.15, 0.2) is 25.3 Å². The van der Waals surface area contributed by atoms with Crippen LogP contribution in [-0.4, -0.2) is 81.4 Å². The minimum atomic E-state index is -7.18. The Morgan fingerprint density at radius 3 is 1.44 bits per heavy atom. The summed E-state index contributed by atoms with van der Waals surface area (Å²) in [6, 6.07) is -0.820. The first-order valence-corrected chi connectivity index (χ1v) is 21.4. The number of azide groups is 2. The predicted octanol–water partition coefficient (Wildman–Crippen LogP) is 1.82. The van der Waals surface area contributed by atoms with Gasteiger partial charge in [0, 0.05) is 46.2 Å². The Morgan fingerprint density at radius 1 is 0.782 bits per heavy atom. The van der Waals surface area contributed by atoms with Crippen molar-refractivity contribution in [2.45, 2.75) is 69.2 Å². The molecular formula is C21H28F2N10O18P4. The molecule has 2 aromatic rings. The van der Waals surface area contributed by atoms with E-state index in [1.54, 1.807) is 0 Å². The van der Waals surface area contributed by atoms with Gasteiger partial charge in [0.05, 0.1) is 12.1 Å². The molecule has 0 amide bonds. The van der Waals surface area contributed by atoms with Crippen LogP contribution in [0, 0.1) is 13.8 Å². The Hall–Kier alpha value is -3.64. The highest BCUT2D eigenvalue weighted by molar-refractivity contribution is 7.79. The SMILES string of the molecule is Cc1cc(=O)[nH]c(=O)n1C1CC(N=[N+]=[N-])C(OCP(=O)(O)OP(=O)(O)C(F)(F)P(=O)(O)OP(=O)(O)COC2OC(n3c(C)cc(=O)[nH]c3=O)CC2N=[N+]=[N-])O1. The summed E-state index contributed by atoms with van der Waals surface area (Å²) in [7, 11) is -26.2. The van der Waals surface area contributed by atoms with Crippen LogP contribution in [0.5, 0.6) is 0 Å². The lowest BCUT2D eigenvalue weighted by molar-refractivity contribution is -0.146. The third-order valence-electron chi connectivity index (χ3n) is 7.37. The molecule has 2 aliphatic rings. The number of halogens is 2. The monoisotopic (exact) mass is 870 g/mol. The summed E-state index contributed by atoms with van der Waals surface area (Å²) in [5, 5.41) is 0.533. The van der Waals surface area contributed by atoms with E-state index in [9.17, 15) is 57.0 Å². The Bertz CT molecular complexity index is 2200. The van der Waals surface area contributed by atoms with Crippen LogP contribution in [0.2, 0.25) is 0 Å². The van der Waals surface area contributed by atoms with Gasteiger partial charge in [-0.2, -0.15) is 8.78 Å². The fourth-order valence-corrected chi connectivity index (χ4v) is 11.7. The number of H-pyrrole nitrogens is 2. The fourth-order valence-electron chi connectivity index (χ4n) is 5.15. The molecule has 10 unspecified atom stereocenters. The van der Waals surface area contributed by atoms with E-state index >= 15 is 8.78 Å². The lowest BCUT2D eigenvalue weighted by atomic mass is 10.2. The number of aromatic nitrogens is 4. The summed E-state index contributed by atoms with van der Waals surface area (Å²) < 4.78 is 110. The number of alkyl halides is 2. The zero-order valence-corrected chi connectivity index (χ0v) is 31.2. The second-order valence-corrected chi connectivity index (χ2v) is 19.3. The maximum Gasteiger partial charge on any atom is 0.444 e. The number of nitrogens with zero attached hydrogens (tertiary/aromatic N) is 8. The molecule has 0 bridgehead atoms. The van der Waals surface area contributed by atoms with E-state index in [0.29, 0.717) is 0 Å². The lowest BCUT2D eigenvalue weighted by Gasteiger charge is -2.28. The molecule has 10 atom stereocenters. The number of ether oxygens (including phenoxy) is 4. The maximum absolute atomic E-state index is 15.0. The van der Waals surface area contributed by atoms with Gasteiger partial charge in [-0.15, -0.1) is 0 Å². The smallest absolute Gasteiger partial charge is 0.339 e. The first-order valence-electron chi connectivity index (χ1n) is 14.7. The lowest BCUT2D eigenvalue weighted by Crippen LogP contribution is -2.34. The summed E-state index contributed by atoms with van der Waals surface area (Å²) in [5.41, 5.74) is 14.3. The van der Waals surface area contributed by atoms with Crippen LogP contribution >= 0.6 is 30.4 Å². The van der Waals surface area contributed by atoms with Crippen molar-refractivity contribution in [2.75, 3.05) is 12.7 Å². The minimum absolute atomic E-state index is 0.0434. The molecule has 0 aromatic carbocycles. The molecule has 2 aliphatic heterocycles. The van der Waals surface area contributed by atoms with Gasteiger partial charge in [0.1, 0.15) is 12.5 Å². The van der Waals surface area contributed by atoms with Gasteiger partial charge in [-0.1, -0.05) is 10.2 Å². The van der Waals surface area contributed by atoms with Gasteiger partial charge in [-0.05, 0) is 24.9 Å². The van der Waals surface area contributed by atoms with Gasteiger partial charge in [-0.25, -0.2) is 18.2 Å². The molecule has 4 heterocycles. The van der Waals surface area contributed by atoms with Gasteiger partial charge >= 0.3 is 47.2 Å². The molecule has 6 N–H and O–H groups in total. The Balaban J connectivity index is 1.42. The molecule has 0 aliphatic carbocycles. The number of rotatable bonds is 16. The van der Waals surface area contributed by atoms with E-state index < -0.39 is 108 Å². The topological polar surface area (TPSA) is 412 Å². The highest BCUT2D eigenvalue weighted by atomic mass is 31.3. The Morgan fingerprint density at radius 2 is 1.13 bits per heavy atom. The molecule has 0 saturated carbocycles. The van der Waals surface area contributed by atoms with Gasteiger partial charge in [0.2, 0.25) is 0 Å². The number of aryl methyl sites for hydroxylation is 2. The van der Waals surface area contributed by atoms with Crippen LogP contribution in [0.4, 0.5) is 8.78 Å². The molecule has 0 radical (unpaired) electrons. The van der Waals surface area contributed by atoms with Crippen LogP contribution in [0.25, 0.3) is 20.9 Å². The molecule has 28 nitrogen and oxygen atoms in total. The van der Waals surface area contributed by atoms with Crippen molar-refractivity contribution in [1.29, 1.82) is 0 Å². The molecule has 34 heteroatoms. The quantitative estimate of drug-likeness (QED) is 0.0606. The number of aromatic amines is 2. The standard InChI is InChI=1S/C21H28F2N10O18P4/c1-9-3-13(34)26-19(36)32(9)15-5-11(28-30-24)17(48-15)46-7-52(38,39)50-54(42,43)21(22,23)55(44,45)51-53(40,41)8-47-18-12(29-31-25)6-16(49-18)33-10(2)4-14(35)27-20(33)37/h3-4,11-12,15-18H,5-8H2,1-2H3,(H,38,39)(H,40,41)(H,42,43)(H,44,45)(H,26,34,36)(H,27,35,37). The third-order valence-corrected chi connectivity index (χ3v) is 15.0. The van der Waals surface area contributed by atoms with Crippen molar-refractivity contribution in [1.82, 2.24) is 19.1 Å². The van der Waals surface area contributed by atoms with Crippen molar-refractivity contribution in [3.8, 4) is 0 Å². The average molecular weight is 870 g/mol. The second kappa shape index (κ2) is 16.5. The summed E-state index contributed by atoms with van der Waals surface area (Å²) in [6.07, 6.45) is -10.7. The summed E-state index contributed by atoms with van der Waals surface area (Å²) >= 11 is 0. The normalized spacial score (nSPS) is 27.1. The molecule has 304 valence electrons. The van der Waals surface area contributed by atoms with Gasteiger partial charge < -0.3 is 38.5 Å². The molecule has 4 rings (SSSR count). The van der Waals surface area contributed by atoms with E-state index in [0.717, 1.165) is 21.3 Å². The largest absolute Gasteiger partial charge is 0.444 e. The van der Waals surface area contributed by atoms with Gasteiger partial charge in [-0.3, -0.25) is 47.0 Å². The van der Waals surface area contributed by atoms with Crippen LogP contribution in [-0.2, 0) is 45.8 Å². The molecule has 2 fully saturated rings. The molecular weight excluding hydrogens is 842 g/mol. The molecule has 2 saturated heterocycles. The van der Waals surface area contributed by atoms with Crippen molar-refractivity contribution in [3.63, 3.8) is 0 Å². The summed E-state index contributed by atoms with van der Waals surface area (Å²) in [6.45, 7) is 2.64. The van der Waals surface area contributed by atoms with Crippen molar-refractivity contribution in [3.05, 3.63) is 86.1 Å². The second-order valence-electron chi connectivity index (χ2n) is 11.4. The predicted molar refractivity (Wildman–Crippen MR) is 173 cm³/mol. The fraction of sp³-hybridized carbons (Fsp3) is 0.619. The van der Waals surface area contributed by atoms with Crippen molar-refractivity contribution in [2.24, 2.45) is 10.2 Å². The highest BCUT2D eigenvalue weighted by Gasteiger charge is 2.69. The zero-order chi connectivity index (χ0) is 41.3. The van der Waals surface area contributed by atoms with Gasteiger partial charge in [0.25, 0.3) is 11.1 Å². The van der Waals surface area contributed by atoms with E-state index in [2.05, 4.69) is 28.7 Å². The minimum Gasteiger partial charge on any atom is -0.339 e. The maximum atomic E-state index is 15.0. The Kier molecular flexibility index (Phi) is 13.2. The van der Waals surface area contributed by atoms with E-state index in [1.165, 1.54) is 13.8 Å². The van der Waals surface area contributed by atoms with Crippen molar-refractivity contribution >= 4 is 30.4 Å². The van der Waals surface area contributed by atoms with Crippen LogP contribution in [0.15, 0.2) is 41.5 Å². The van der Waals surface area contributed by atoms with E-state index in [-0.39, 0.29) is 24.2 Å². The van der Waals surface area contributed by atoms with E-state index in [4.69, 9.17) is 30.0 Å². The molecule has 0 spiro atoms. The molecule has 55 heavy (non-hydrogen) atoms. The summed E-state index contributed by atoms with van der Waals surface area (Å²) in [5.74, 6) is 0. The zero-order valence-electron chi connectivity index (χ0n) is 27.6. The van der Waals surface area contributed by atoms with Crippen molar-refractivity contribution < 1.29 is 74.2 Å². The number of nitrogens with one attached hydrogen (secondary N) is 2. The average Bonchev–Trinajstić information content (AvgIpc) is 3.60. The van der Waals surface area contributed by atoms with E-state index in [1.807, 2.05) is 9.97 Å². The first-order chi connectivity index (χ1) is 25.3. The van der Waals surface area contributed by atoms with Crippen LogP contribution < -0.4 is 22.5 Å². The third kappa shape index (κ3) is 10.0. The number of hydrogen-bond donors (Lipinski definition) is 6.